The molecule has 0 atom stereocenters. The topological polar surface area (TPSA) is 29.5 Å². The number of methoxy groups -OCH3 is 1. The van der Waals surface area contributed by atoms with Crippen molar-refractivity contribution in [1.82, 2.24) is 0 Å². The minimum absolute atomic E-state index is 0.372. The summed E-state index contributed by atoms with van der Waals surface area (Å²) in [5, 5.41) is 9.15. The van der Waals surface area contributed by atoms with Gasteiger partial charge in [-0.25, -0.2) is 4.39 Å². The van der Waals surface area contributed by atoms with E-state index in [0.717, 1.165) is 0 Å². The molecule has 13 heavy (non-hydrogen) atoms. The van der Waals surface area contributed by atoms with Crippen LogP contribution in [0, 0.1) is 5.82 Å². The van der Waals surface area contributed by atoms with E-state index in [4.69, 9.17) is 9.84 Å². The third-order valence-corrected chi connectivity index (χ3v) is 1.70. The highest BCUT2D eigenvalue weighted by Gasteiger charge is 2.08. The number of rotatable bonds is 3. The van der Waals surface area contributed by atoms with Gasteiger partial charge in [-0.2, -0.15) is 0 Å². The standard InChI is InChI=1S/C10H11FO2/c1-3-4-7-5-8(13-2)6-9(12)10(7)11/h3,5-6,12H,1,4H2,2H3. The van der Waals surface area contributed by atoms with Crippen LogP contribution in [0.2, 0.25) is 0 Å². The van der Waals surface area contributed by atoms with Gasteiger partial charge in [-0.05, 0) is 18.1 Å². The molecular formula is C10H11FO2. The fourth-order valence-corrected chi connectivity index (χ4v) is 1.06. The summed E-state index contributed by atoms with van der Waals surface area (Å²) < 4.78 is 18.0. The van der Waals surface area contributed by atoms with Gasteiger partial charge in [0.15, 0.2) is 11.6 Å². The second-order valence-electron chi connectivity index (χ2n) is 2.61. The second-order valence-corrected chi connectivity index (χ2v) is 2.61. The zero-order chi connectivity index (χ0) is 9.84. The molecular weight excluding hydrogens is 171 g/mol. The quantitative estimate of drug-likeness (QED) is 0.726. The maximum Gasteiger partial charge on any atom is 0.168 e. The molecule has 0 bridgehead atoms. The van der Waals surface area contributed by atoms with Crippen molar-refractivity contribution in [3.8, 4) is 11.5 Å². The minimum Gasteiger partial charge on any atom is -0.505 e. The molecule has 0 radical (unpaired) electrons. The summed E-state index contributed by atoms with van der Waals surface area (Å²) in [6.45, 7) is 3.49. The van der Waals surface area contributed by atoms with Crippen LogP contribution < -0.4 is 4.74 Å². The van der Waals surface area contributed by atoms with Gasteiger partial charge < -0.3 is 9.84 Å². The van der Waals surface area contributed by atoms with Crippen LogP contribution in [-0.2, 0) is 6.42 Å². The average Bonchev–Trinajstić information content (AvgIpc) is 2.13. The largest absolute Gasteiger partial charge is 0.505 e. The molecule has 2 nitrogen and oxygen atoms in total. The van der Waals surface area contributed by atoms with Crippen molar-refractivity contribution in [2.75, 3.05) is 7.11 Å². The molecule has 1 rings (SSSR count). The smallest absolute Gasteiger partial charge is 0.168 e. The van der Waals surface area contributed by atoms with E-state index in [2.05, 4.69) is 6.58 Å². The van der Waals surface area contributed by atoms with E-state index in [-0.39, 0.29) is 0 Å². The Labute approximate surface area is 76.3 Å². The maximum absolute atomic E-state index is 13.2. The molecule has 0 amide bonds. The van der Waals surface area contributed by atoms with Gasteiger partial charge in [-0.1, -0.05) is 6.08 Å². The molecule has 0 saturated heterocycles. The van der Waals surface area contributed by atoms with E-state index in [1.165, 1.54) is 19.2 Å². The van der Waals surface area contributed by atoms with E-state index >= 15 is 0 Å². The molecule has 0 spiro atoms. The lowest BCUT2D eigenvalue weighted by molar-refractivity contribution is 0.395. The Balaban J connectivity index is 3.15. The van der Waals surface area contributed by atoms with Crippen LogP contribution in [0.5, 0.6) is 11.5 Å². The van der Waals surface area contributed by atoms with Crippen molar-refractivity contribution in [2.45, 2.75) is 6.42 Å². The normalized spacial score (nSPS) is 9.69. The molecule has 0 unspecified atom stereocenters. The molecule has 0 aliphatic carbocycles. The first-order valence-electron chi connectivity index (χ1n) is 3.85. The summed E-state index contributed by atoms with van der Waals surface area (Å²) in [5.74, 6) is -0.562. The molecule has 0 aliphatic rings. The summed E-state index contributed by atoms with van der Waals surface area (Å²) in [6.07, 6.45) is 1.94. The number of allylic oxidation sites excluding steroid dienone is 1. The van der Waals surface area contributed by atoms with Gasteiger partial charge in [-0.3, -0.25) is 0 Å². The third kappa shape index (κ3) is 1.99. The Hall–Kier alpha value is -1.51. The lowest BCUT2D eigenvalue weighted by Gasteiger charge is -2.05. The molecule has 70 valence electrons. The molecule has 0 saturated carbocycles. The molecule has 0 heterocycles. The average molecular weight is 182 g/mol. The number of phenolic OH excluding ortho intramolecular Hbond substituents is 1. The van der Waals surface area contributed by atoms with Crippen molar-refractivity contribution < 1.29 is 14.2 Å². The van der Waals surface area contributed by atoms with Crippen LogP contribution in [0.15, 0.2) is 24.8 Å². The SMILES string of the molecule is C=CCc1cc(OC)cc(O)c1F. The molecule has 0 aromatic heterocycles. The molecule has 1 N–H and O–H groups in total. The van der Waals surface area contributed by atoms with Crippen LogP contribution in [0.4, 0.5) is 4.39 Å². The van der Waals surface area contributed by atoms with Crippen molar-refractivity contribution in [3.05, 3.63) is 36.2 Å². The summed E-state index contributed by atoms with van der Waals surface area (Å²) in [4.78, 5) is 0. The Bertz CT molecular complexity index is 321. The van der Waals surface area contributed by atoms with E-state index in [1.807, 2.05) is 0 Å². The molecule has 1 aromatic rings. The minimum atomic E-state index is -0.610. The van der Waals surface area contributed by atoms with Gasteiger partial charge in [0.2, 0.25) is 0 Å². The van der Waals surface area contributed by atoms with E-state index in [0.29, 0.717) is 17.7 Å². The Morgan fingerprint density at radius 2 is 2.31 bits per heavy atom. The van der Waals surface area contributed by atoms with Crippen molar-refractivity contribution >= 4 is 0 Å². The molecule has 0 fully saturated rings. The number of ether oxygens (including phenoxy) is 1. The van der Waals surface area contributed by atoms with Crippen LogP contribution >= 0.6 is 0 Å². The maximum atomic E-state index is 13.2. The predicted octanol–water partition coefficient (Wildman–Crippen LogP) is 2.27. The number of hydrogen-bond acceptors (Lipinski definition) is 2. The molecule has 1 aromatic carbocycles. The zero-order valence-electron chi connectivity index (χ0n) is 7.38. The monoisotopic (exact) mass is 182 g/mol. The fourth-order valence-electron chi connectivity index (χ4n) is 1.06. The van der Waals surface area contributed by atoms with Gasteiger partial charge in [-0.15, -0.1) is 6.58 Å². The number of halogens is 1. The second kappa shape index (κ2) is 3.94. The van der Waals surface area contributed by atoms with Crippen LogP contribution in [-0.4, -0.2) is 12.2 Å². The number of benzene rings is 1. The Kier molecular flexibility index (Phi) is 2.90. The summed E-state index contributed by atoms with van der Waals surface area (Å²) in [6, 6.07) is 2.78. The third-order valence-electron chi connectivity index (χ3n) is 1.70. The summed E-state index contributed by atoms with van der Waals surface area (Å²) in [5.41, 5.74) is 0.381. The lowest BCUT2D eigenvalue weighted by Crippen LogP contribution is -1.91. The van der Waals surface area contributed by atoms with Crippen molar-refractivity contribution in [3.63, 3.8) is 0 Å². The Morgan fingerprint density at radius 3 is 2.85 bits per heavy atom. The summed E-state index contributed by atoms with van der Waals surface area (Å²) >= 11 is 0. The van der Waals surface area contributed by atoms with Gasteiger partial charge in [0.05, 0.1) is 7.11 Å². The van der Waals surface area contributed by atoms with Crippen LogP contribution in [0.25, 0.3) is 0 Å². The van der Waals surface area contributed by atoms with E-state index in [1.54, 1.807) is 6.08 Å². The highest BCUT2D eigenvalue weighted by Crippen LogP contribution is 2.26. The van der Waals surface area contributed by atoms with E-state index in [9.17, 15) is 4.39 Å². The highest BCUT2D eigenvalue weighted by molar-refractivity contribution is 5.39. The van der Waals surface area contributed by atoms with Gasteiger partial charge in [0.1, 0.15) is 5.75 Å². The Morgan fingerprint density at radius 1 is 1.62 bits per heavy atom. The molecule has 0 aliphatic heterocycles. The van der Waals surface area contributed by atoms with Gasteiger partial charge in [0.25, 0.3) is 0 Å². The molecule has 3 heteroatoms. The number of aromatic hydroxyl groups is 1. The lowest BCUT2D eigenvalue weighted by atomic mass is 10.1. The van der Waals surface area contributed by atoms with Crippen LogP contribution in [0.3, 0.4) is 0 Å². The van der Waals surface area contributed by atoms with Crippen LogP contribution in [0.1, 0.15) is 5.56 Å². The first kappa shape index (κ1) is 9.58. The summed E-state index contributed by atoms with van der Waals surface area (Å²) in [7, 11) is 1.46. The highest BCUT2D eigenvalue weighted by atomic mass is 19.1. The predicted molar refractivity (Wildman–Crippen MR) is 48.5 cm³/mol. The van der Waals surface area contributed by atoms with Gasteiger partial charge >= 0.3 is 0 Å². The fraction of sp³-hybridized carbons (Fsp3) is 0.200. The van der Waals surface area contributed by atoms with E-state index < -0.39 is 11.6 Å². The zero-order valence-corrected chi connectivity index (χ0v) is 7.38. The van der Waals surface area contributed by atoms with Crippen molar-refractivity contribution in [1.29, 1.82) is 0 Å². The number of phenols is 1. The number of hydrogen-bond donors (Lipinski definition) is 1. The first-order valence-corrected chi connectivity index (χ1v) is 3.85. The van der Waals surface area contributed by atoms with Gasteiger partial charge in [0, 0.05) is 6.07 Å². The first-order chi connectivity index (χ1) is 6.19. The van der Waals surface area contributed by atoms with Crippen molar-refractivity contribution in [2.24, 2.45) is 0 Å².